The molecule has 13 rings (SSSR count). The molecule has 0 aliphatic heterocycles. The van der Waals surface area contributed by atoms with Gasteiger partial charge in [0.1, 0.15) is 11.2 Å². The van der Waals surface area contributed by atoms with Gasteiger partial charge in [-0.3, -0.25) is 0 Å². The Hall–Kier alpha value is -8.50. The lowest BCUT2D eigenvalue weighted by molar-refractivity contribution is 0.663. The number of hydrogen-bond acceptors (Lipinski definition) is 3. The third-order valence-electron chi connectivity index (χ3n) is 13.3. The highest BCUT2D eigenvalue weighted by molar-refractivity contribution is 7.24. The standard InChI is InChI=1S/C64H41NOS/c1-2-20-42(21-3-1)44-23-8-13-33-57(44)65(59-35-19-32-53-49-28-10-15-37-61(49)66-60-36-14-9-27-48(60)47-26-6-7-31-52(47)64(53)59)58-34-18-22-43-40-55-51-30-12-17-39-63(51)67-62-38-16-11-29-50(62)45-24-4-5-25-46(45)56(55)41-54(43)58/h1-41H. The molecule has 0 aliphatic rings. The molecular weight excluding hydrogens is 831 g/mol. The van der Waals surface area contributed by atoms with Gasteiger partial charge in [0.25, 0.3) is 0 Å². The van der Waals surface area contributed by atoms with Crippen molar-refractivity contribution in [2.75, 3.05) is 4.90 Å². The van der Waals surface area contributed by atoms with E-state index in [0.717, 1.165) is 82.4 Å². The Morgan fingerprint density at radius 2 is 0.731 bits per heavy atom. The second kappa shape index (κ2) is 16.2. The Morgan fingerprint density at radius 3 is 1.45 bits per heavy atom. The van der Waals surface area contributed by atoms with Crippen LogP contribution in [0.5, 0.6) is 0 Å². The monoisotopic (exact) mass is 871 g/mol. The van der Waals surface area contributed by atoms with Crippen LogP contribution in [0.3, 0.4) is 0 Å². The number of para-hydroxylation sites is 3. The van der Waals surface area contributed by atoms with E-state index in [1.807, 2.05) is 11.3 Å². The van der Waals surface area contributed by atoms with Crippen LogP contribution in [-0.4, -0.2) is 0 Å². The lowest BCUT2D eigenvalue weighted by Gasteiger charge is -2.30. The third kappa shape index (κ3) is 6.55. The third-order valence-corrected chi connectivity index (χ3v) is 14.5. The summed E-state index contributed by atoms with van der Waals surface area (Å²) in [5.41, 5.74) is 7.16. The zero-order valence-electron chi connectivity index (χ0n) is 36.4. The van der Waals surface area contributed by atoms with E-state index in [2.05, 4.69) is 254 Å². The normalized spacial score (nSPS) is 11.6. The van der Waals surface area contributed by atoms with Crippen LogP contribution in [-0.2, 0) is 0 Å². The first-order valence-corrected chi connectivity index (χ1v) is 23.6. The lowest BCUT2D eigenvalue weighted by atomic mass is 9.95. The summed E-state index contributed by atoms with van der Waals surface area (Å²) >= 11 is 1.85. The minimum Gasteiger partial charge on any atom is -0.456 e. The maximum absolute atomic E-state index is 6.92. The summed E-state index contributed by atoms with van der Waals surface area (Å²) in [7, 11) is 0. The Kier molecular flexibility index (Phi) is 9.40. The van der Waals surface area contributed by atoms with E-state index >= 15 is 0 Å². The van der Waals surface area contributed by atoms with Gasteiger partial charge in [0.15, 0.2) is 0 Å². The van der Waals surface area contributed by atoms with Crippen LogP contribution in [0.4, 0.5) is 17.1 Å². The molecule has 0 saturated carbocycles. The zero-order chi connectivity index (χ0) is 44.3. The smallest absolute Gasteiger partial charge is 0.135 e. The highest BCUT2D eigenvalue weighted by Gasteiger charge is 2.23. The molecular formula is C64H41NOS. The highest BCUT2D eigenvalue weighted by atomic mass is 32.1. The van der Waals surface area contributed by atoms with E-state index in [9.17, 15) is 0 Å². The van der Waals surface area contributed by atoms with Crippen LogP contribution in [0.15, 0.2) is 253 Å². The molecule has 0 spiro atoms. The summed E-state index contributed by atoms with van der Waals surface area (Å²) in [6.07, 6.45) is 0. The number of fused-ring (bicyclic) bond motifs is 15. The first-order valence-electron chi connectivity index (χ1n) is 22.8. The summed E-state index contributed by atoms with van der Waals surface area (Å²) in [4.78, 5) is 2.53. The van der Waals surface area contributed by atoms with Crippen molar-refractivity contribution >= 4 is 124 Å². The summed E-state index contributed by atoms with van der Waals surface area (Å²) < 4.78 is 9.40. The van der Waals surface area contributed by atoms with Crippen LogP contribution in [0.1, 0.15) is 0 Å². The Balaban J connectivity index is 1.25. The van der Waals surface area contributed by atoms with E-state index in [-0.39, 0.29) is 0 Å². The van der Waals surface area contributed by atoms with Gasteiger partial charge >= 0.3 is 0 Å². The molecule has 0 amide bonds. The first-order chi connectivity index (χ1) is 33.3. The van der Waals surface area contributed by atoms with Crippen molar-refractivity contribution in [3.8, 4) is 11.1 Å². The van der Waals surface area contributed by atoms with Crippen molar-refractivity contribution in [2.24, 2.45) is 0 Å². The van der Waals surface area contributed by atoms with Gasteiger partial charge in [-0.2, -0.15) is 0 Å². The fourth-order valence-electron chi connectivity index (χ4n) is 10.3. The molecule has 67 heavy (non-hydrogen) atoms. The topological polar surface area (TPSA) is 16.4 Å². The molecule has 2 nitrogen and oxygen atoms in total. The van der Waals surface area contributed by atoms with E-state index in [0.29, 0.717) is 0 Å². The van der Waals surface area contributed by atoms with Gasteiger partial charge in [0.2, 0.25) is 0 Å². The van der Waals surface area contributed by atoms with Crippen molar-refractivity contribution in [2.45, 2.75) is 0 Å². The average molecular weight is 872 g/mol. The summed E-state index contributed by atoms with van der Waals surface area (Å²) in [5, 5.41) is 16.2. The molecule has 0 atom stereocenters. The Morgan fingerprint density at radius 1 is 0.284 bits per heavy atom. The van der Waals surface area contributed by atoms with Crippen molar-refractivity contribution in [1.82, 2.24) is 0 Å². The number of benzene rings is 11. The molecule has 314 valence electrons. The van der Waals surface area contributed by atoms with Crippen molar-refractivity contribution in [3.63, 3.8) is 0 Å². The second-order valence-electron chi connectivity index (χ2n) is 17.1. The molecule has 0 radical (unpaired) electrons. The lowest BCUT2D eigenvalue weighted by Crippen LogP contribution is -2.12. The number of rotatable bonds is 4. The molecule has 0 unspecified atom stereocenters. The van der Waals surface area contributed by atoms with Crippen LogP contribution < -0.4 is 4.90 Å². The van der Waals surface area contributed by atoms with E-state index < -0.39 is 0 Å². The Labute approximate surface area is 391 Å². The van der Waals surface area contributed by atoms with Gasteiger partial charge in [-0.15, -0.1) is 11.3 Å². The minimum atomic E-state index is 0.816. The van der Waals surface area contributed by atoms with Crippen molar-refractivity contribution in [1.29, 1.82) is 0 Å². The summed E-state index contributed by atoms with van der Waals surface area (Å²) in [6, 6.07) is 90.6. The van der Waals surface area contributed by atoms with Gasteiger partial charge in [-0.25, -0.2) is 0 Å². The SMILES string of the molecule is c1ccc(-c2ccccc2N(c2cccc3cc4c5ccccc5sc5ccccc5c5ccccc5c4cc23)c2cccc3c4ccccc4oc4ccccc4c4ccccc4c23)cc1. The highest BCUT2D eigenvalue weighted by Crippen LogP contribution is 2.49. The van der Waals surface area contributed by atoms with Gasteiger partial charge in [0, 0.05) is 36.5 Å². The maximum Gasteiger partial charge on any atom is 0.135 e. The van der Waals surface area contributed by atoms with E-state index in [4.69, 9.17) is 4.42 Å². The van der Waals surface area contributed by atoms with Crippen molar-refractivity contribution in [3.05, 3.63) is 249 Å². The summed E-state index contributed by atoms with van der Waals surface area (Å²) in [6.45, 7) is 0. The quantitative estimate of drug-likeness (QED) is 0.175. The second-order valence-corrected chi connectivity index (χ2v) is 18.2. The zero-order valence-corrected chi connectivity index (χ0v) is 37.3. The molecule has 0 aliphatic carbocycles. The predicted octanol–water partition coefficient (Wildman–Crippen LogP) is 19.1. The molecule has 0 N–H and O–H groups in total. The largest absolute Gasteiger partial charge is 0.456 e. The van der Waals surface area contributed by atoms with Gasteiger partial charge < -0.3 is 9.32 Å². The predicted molar refractivity (Wildman–Crippen MR) is 290 cm³/mol. The fraction of sp³-hybridized carbons (Fsp3) is 0. The van der Waals surface area contributed by atoms with Crippen LogP contribution in [0.2, 0.25) is 0 Å². The van der Waals surface area contributed by atoms with Crippen LogP contribution in [0.25, 0.3) is 107 Å². The molecule has 2 heterocycles. The first kappa shape index (κ1) is 38.9. The fourth-order valence-corrected chi connectivity index (χ4v) is 11.4. The van der Waals surface area contributed by atoms with Gasteiger partial charge in [-0.05, 0) is 114 Å². The van der Waals surface area contributed by atoms with Crippen LogP contribution >= 0.6 is 11.3 Å². The Bertz CT molecular complexity index is 4240. The number of nitrogens with zero attached hydrogens (tertiary/aromatic N) is 1. The van der Waals surface area contributed by atoms with Gasteiger partial charge in [-0.1, -0.05) is 194 Å². The van der Waals surface area contributed by atoms with E-state index in [1.165, 1.54) is 41.7 Å². The number of anilines is 3. The molecule has 0 saturated heterocycles. The molecule has 3 heteroatoms. The van der Waals surface area contributed by atoms with Crippen LogP contribution in [0, 0.1) is 0 Å². The summed E-state index contributed by atoms with van der Waals surface area (Å²) in [5.74, 6) is 0. The molecule has 11 aromatic carbocycles. The molecule has 2 aromatic heterocycles. The van der Waals surface area contributed by atoms with Gasteiger partial charge in [0.05, 0.1) is 17.1 Å². The molecule has 0 fully saturated rings. The van der Waals surface area contributed by atoms with Crippen molar-refractivity contribution < 1.29 is 4.42 Å². The maximum atomic E-state index is 6.92. The molecule has 13 aromatic rings. The molecule has 0 bridgehead atoms. The number of hydrogen-bond donors (Lipinski definition) is 0. The average Bonchev–Trinajstić information content (AvgIpc) is 3.47. The minimum absolute atomic E-state index is 0.816. The van der Waals surface area contributed by atoms with E-state index in [1.54, 1.807) is 0 Å².